The molecule has 3 heterocycles. The number of thioether (sulfide) groups is 2. The number of rotatable bonds is 5. The predicted octanol–water partition coefficient (Wildman–Crippen LogP) is 4.42. The van der Waals surface area contributed by atoms with E-state index in [2.05, 4.69) is 63.8 Å². The summed E-state index contributed by atoms with van der Waals surface area (Å²) in [5.41, 5.74) is 3.18. The average Bonchev–Trinajstić information content (AvgIpc) is 3.20. The van der Waals surface area contributed by atoms with Crippen molar-refractivity contribution in [3.8, 4) is 5.69 Å². The SMILES string of the molecule is Cc1cccc(-n2c(SCC(=O)N3CCC(C)Sc4ccccc43)nnc2N2CCOCC2)c1. The Morgan fingerprint density at radius 1 is 1.12 bits per heavy atom. The van der Waals surface area contributed by atoms with Gasteiger partial charge >= 0.3 is 0 Å². The largest absolute Gasteiger partial charge is 0.378 e. The maximum absolute atomic E-state index is 13.4. The molecule has 2 aromatic carbocycles. The van der Waals surface area contributed by atoms with E-state index in [4.69, 9.17) is 4.74 Å². The number of aryl methyl sites for hydroxylation is 1. The van der Waals surface area contributed by atoms with Crippen LogP contribution in [0.1, 0.15) is 18.9 Å². The van der Waals surface area contributed by atoms with Crippen LogP contribution in [-0.2, 0) is 9.53 Å². The summed E-state index contributed by atoms with van der Waals surface area (Å²) in [7, 11) is 0. The number of para-hydroxylation sites is 1. The first kappa shape index (κ1) is 23.3. The van der Waals surface area contributed by atoms with E-state index in [0.717, 1.165) is 48.5 Å². The highest BCUT2D eigenvalue weighted by atomic mass is 32.2. The minimum absolute atomic E-state index is 0.0962. The van der Waals surface area contributed by atoms with Crippen LogP contribution in [0.2, 0.25) is 0 Å². The van der Waals surface area contributed by atoms with Crippen LogP contribution < -0.4 is 9.80 Å². The Kier molecular flexibility index (Phi) is 7.12. The number of ether oxygens (including phenoxy) is 1. The van der Waals surface area contributed by atoms with Gasteiger partial charge in [0.2, 0.25) is 11.9 Å². The maximum Gasteiger partial charge on any atom is 0.237 e. The molecule has 178 valence electrons. The van der Waals surface area contributed by atoms with Crippen LogP contribution in [0.3, 0.4) is 0 Å². The summed E-state index contributed by atoms with van der Waals surface area (Å²) in [6, 6.07) is 16.5. The lowest BCUT2D eigenvalue weighted by Crippen LogP contribution is -2.38. The molecular weight excluding hydrogens is 466 g/mol. The van der Waals surface area contributed by atoms with Crippen LogP contribution in [0, 0.1) is 6.92 Å². The molecule has 0 radical (unpaired) electrons. The normalized spacial score (nSPS) is 18.5. The van der Waals surface area contributed by atoms with Crippen molar-refractivity contribution in [2.24, 2.45) is 0 Å². The predicted molar refractivity (Wildman–Crippen MR) is 139 cm³/mol. The third kappa shape index (κ3) is 4.96. The average molecular weight is 496 g/mol. The minimum atomic E-state index is 0.0962. The Morgan fingerprint density at radius 2 is 1.94 bits per heavy atom. The van der Waals surface area contributed by atoms with Crippen molar-refractivity contribution in [1.82, 2.24) is 14.8 Å². The van der Waals surface area contributed by atoms with E-state index in [1.165, 1.54) is 22.2 Å². The molecule has 1 amide bonds. The van der Waals surface area contributed by atoms with Gasteiger partial charge in [0, 0.05) is 29.8 Å². The van der Waals surface area contributed by atoms with Gasteiger partial charge in [-0.2, -0.15) is 0 Å². The Morgan fingerprint density at radius 3 is 2.76 bits per heavy atom. The second kappa shape index (κ2) is 10.4. The molecular formula is C25H29N5O2S2. The number of aromatic nitrogens is 3. The number of hydrogen-bond acceptors (Lipinski definition) is 7. The summed E-state index contributed by atoms with van der Waals surface area (Å²) in [5, 5.41) is 10.2. The first-order chi connectivity index (χ1) is 16.6. The molecule has 0 spiro atoms. The van der Waals surface area contributed by atoms with E-state index in [9.17, 15) is 4.79 Å². The van der Waals surface area contributed by atoms with E-state index in [-0.39, 0.29) is 5.91 Å². The van der Waals surface area contributed by atoms with Crippen molar-refractivity contribution in [1.29, 1.82) is 0 Å². The molecule has 2 aliphatic heterocycles. The highest BCUT2D eigenvalue weighted by molar-refractivity contribution is 8.00. The quantitative estimate of drug-likeness (QED) is 0.486. The molecule has 1 fully saturated rings. The molecule has 1 unspecified atom stereocenters. The molecule has 34 heavy (non-hydrogen) atoms. The van der Waals surface area contributed by atoms with E-state index in [0.29, 0.717) is 24.2 Å². The fourth-order valence-corrected chi connectivity index (χ4v) is 6.20. The third-order valence-electron chi connectivity index (χ3n) is 6.04. The number of amides is 1. The second-order valence-electron chi connectivity index (χ2n) is 8.58. The molecule has 2 aliphatic rings. The zero-order valence-corrected chi connectivity index (χ0v) is 21.1. The van der Waals surface area contributed by atoms with Gasteiger partial charge in [-0.05, 0) is 43.2 Å². The fraction of sp³-hybridized carbons (Fsp3) is 0.400. The zero-order valence-electron chi connectivity index (χ0n) is 19.5. The van der Waals surface area contributed by atoms with Crippen molar-refractivity contribution < 1.29 is 9.53 Å². The molecule has 3 aromatic rings. The third-order valence-corrected chi connectivity index (χ3v) is 8.19. The van der Waals surface area contributed by atoms with Crippen LogP contribution in [0.4, 0.5) is 11.6 Å². The van der Waals surface area contributed by atoms with Crippen LogP contribution in [0.25, 0.3) is 5.69 Å². The fourth-order valence-electron chi connectivity index (χ4n) is 4.27. The Hall–Kier alpha value is -2.49. The first-order valence-corrected chi connectivity index (χ1v) is 13.5. The molecule has 0 N–H and O–H groups in total. The summed E-state index contributed by atoms with van der Waals surface area (Å²) in [6.45, 7) is 7.92. The number of benzene rings is 2. The van der Waals surface area contributed by atoms with Crippen molar-refractivity contribution in [3.63, 3.8) is 0 Å². The van der Waals surface area contributed by atoms with Crippen LogP contribution >= 0.6 is 23.5 Å². The van der Waals surface area contributed by atoms with Gasteiger partial charge in [-0.1, -0.05) is 43.0 Å². The number of fused-ring (bicyclic) bond motifs is 1. The summed E-state index contributed by atoms with van der Waals surface area (Å²) in [6.07, 6.45) is 0.969. The van der Waals surface area contributed by atoms with Gasteiger partial charge in [-0.3, -0.25) is 9.36 Å². The highest BCUT2D eigenvalue weighted by Crippen LogP contribution is 2.38. The van der Waals surface area contributed by atoms with Gasteiger partial charge in [0.15, 0.2) is 5.16 Å². The number of carbonyl (C=O) groups excluding carboxylic acids is 1. The lowest BCUT2D eigenvalue weighted by molar-refractivity contribution is -0.116. The van der Waals surface area contributed by atoms with Crippen molar-refractivity contribution in [2.45, 2.75) is 35.6 Å². The molecule has 1 atom stereocenters. The molecule has 9 heteroatoms. The van der Waals surface area contributed by atoms with Crippen LogP contribution in [0.15, 0.2) is 58.6 Å². The van der Waals surface area contributed by atoms with E-state index >= 15 is 0 Å². The second-order valence-corrected chi connectivity index (χ2v) is 11.0. The summed E-state index contributed by atoms with van der Waals surface area (Å²) in [4.78, 5) is 18.7. The van der Waals surface area contributed by atoms with Crippen molar-refractivity contribution in [2.75, 3.05) is 48.4 Å². The molecule has 1 saturated heterocycles. The Bertz CT molecular complexity index is 1160. The topological polar surface area (TPSA) is 63.5 Å². The number of morpholine rings is 1. The summed E-state index contributed by atoms with van der Waals surface area (Å²) in [5.74, 6) is 1.20. The standard InChI is InChI=1S/C25H29N5O2S2/c1-18-6-5-7-20(16-18)30-24(28-12-14-32-15-13-28)26-27-25(30)33-17-23(31)29-11-10-19(2)34-22-9-4-3-8-21(22)29/h3-9,16,19H,10-15,17H2,1-2H3. The summed E-state index contributed by atoms with van der Waals surface area (Å²) >= 11 is 3.30. The first-order valence-electron chi connectivity index (χ1n) is 11.6. The number of carbonyl (C=O) groups is 1. The van der Waals surface area contributed by atoms with Gasteiger partial charge in [0.1, 0.15) is 0 Å². The molecule has 1 aromatic heterocycles. The van der Waals surface area contributed by atoms with Crippen molar-refractivity contribution >= 4 is 41.1 Å². The van der Waals surface area contributed by atoms with E-state index in [1.54, 1.807) is 0 Å². The van der Waals surface area contributed by atoms with Gasteiger partial charge in [0.05, 0.1) is 30.3 Å². The maximum atomic E-state index is 13.4. The summed E-state index contributed by atoms with van der Waals surface area (Å²) < 4.78 is 7.60. The zero-order chi connectivity index (χ0) is 23.5. The Labute approximate surface area is 208 Å². The van der Waals surface area contributed by atoms with Crippen LogP contribution in [-0.4, -0.2) is 64.5 Å². The smallest absolute Gasteiger partial charge is 0.237 e. The minimum Gasteiger partial charge on any atom is -0.378 e. The Balaban J connectivity index is 1.40. The molecule has 0 saturated carbocycles. The molecule has 5 rings (SSSR count). The van der Waals surface area contributed by atoms with Gasteiger partial charge < -0.3 is 14.5 Å². The molecule has 7 nitrogen and oxygen atoms in total. The van der Waals surface area contributed by atoms with Crippen molar-refractivity contribution in [3.05, 3.63) is 54.1 Å². The van der Waals surface area contributed by atoms with Crippen LogP contribution in [0.5, 0.6) is 0 Å². The number of hydrogen-bond donors (Lipinski definition) is 0. The van der Waals surface area contributed by atoms with E-state index in [1.807, 2.05) is 34.9 Å². The molecule has 0 aliphatic carbocycles. The monoisotopic (exact) mass is 495 g/mol. The van der Waals surface area contributed by atoms with Gasteiger partial charge in [-0.25, -0.2) is 0 Å². The lowest BCUT2D eigenvalue weighted by atomic mass is 10.2. The van der Waals surface area contributed by atoms with Gasteiger partial charge in [-0.15, -0.1) is 22.0 Å². The van der Waals surface area contributed by atoms with Gasteiger partial charge in [0.25, 0.3) is 0 Å². The molecule has 0 bridgehead atoms. The number of nitrogens with zero attached hydrogens (tertiary/aromatic N) is 5. The lowest BCUT2D eigenvalue weighted by Gasteiger charge is -2.28. The van der Waals surface area contributed by atoms with E-state index < -0.39 is 0 Å². The highest BCUT2D eigenvalue weighted by Gasteiger charge is 2.26. The number of anilines is 2.